The van der Waals surface area contributed by atoms with Gasteiger partial charge in [0.05, 0.1) is 0 Å². The SMILES string of the molecule is C\C=C/C(=C(O)\N=C/C)C(C)C. The van der Waals surface area contributed by atoms with Crippen LogP contribution in [0.4, 0.5) is 0 Å². The van der Waals surface area contributed by atoms with Crippen molar-refractivity contribution in [1.29, 1.82) is 0 Å². The number of aliphatic hydroxyl groups is 1. The first-order chi connectivity index (χ1) is 5.63. The van der Waals surface area contributed by atoms with Crippen LogP contribution in [0.15, 0.2) is 28.6 Å². The van der Waals surface area contributed by atoms with E-state index in [0.29, 0.717) is 5.92 Å². The Labute approximate surface area is 74.3 Å². The van der Waals surface area contributed by atoms with Gasteiger partial charge in [0, 0.05) is 11.8 Å². The summed E-state index contributed by atoms with van der Waals surface area (Å²) < 4.78 is 0. The standard InChI is InChI=1S/C10H17NO/c1-5-7-9(8(3)4)10(12)11-6-2/h5-8,12H,1-4H3/b7-5-,10-9-,11-6-. The lowest BCUT2D eigenvalue weighted by molar-refractivity contribution is 0.395. The van der Waals surface area contributed by atoms with E-state index in [0.717, 1.165) is 5.57 Å². The second kappa shape index (κ2) is 5.58. The van der Waals surface area contributed by atoms with Gasteiger partial charge in [-0.2, -0.15) is 0 Å². The van der Waals surface area contributed by atoms with Crippen LogP contribution in [0.5, 0.6) is 0 Å². The molecule has 0 spiro atoms. The lowest BCUT2D eigenvalue weighted by atomic mass is 10.0. The average molecular weight is 167 g/mol. The Morgan fingerprint density at radius 3 is 2.25 bits per heavy atom. The lowest BCUT2D eigenvalue weighted by Gasteiger charge is -2.06. The van der Waals surface area contributed by atoms with E-state index in [-0.39, 0.29) is 5.88 Å². The number of hydrogen-bond donors (Lipinski definition) is 1. The van der Waals surface area contributed by atoms with Gasteiger partial charge in [0.15, 0.2) is 0 Å². The van der Waals surface area contributed by atoms with E-state index in [1.165, 1.54) is 0 Å². The van der Waals surface area contributed by atoms with Crippen molar-refractivity contribution in [2.75, 3.05) is 0 Å². The smallest absolute Gasteiger partial charge is 0.213 e. The lowest BCUT2D eigenvalue weighted by Crippen LogP contribution is -1.95. The molecular formula is C10H17NO. The number of aliphatic hydroxyl groups excluding tert-OH is 1. The minimum atomic E-state index is 0.116. The molecular weight excluding hydrogens is 150 g/mol. The molecule has 0 atom stereocenters. The van der Waals surface area contributed by atoms with Crippen molar-refractivity contribution >= 4 is 6.21 Å². The van der Waals surface area contributed by atoms with Crippen LogP contribution in [0.3, 0.4) is 0 Å². The maximum atomic E-state index is 9.44. The van der Waals surface area contributed by atoms with Gasteiger partial charge in [-0.1, -0.05) is 26.0 Å². The van der Waals surface area contributed by atoms with Crippen LogP contribution in [-0.4, -0.2) is 11.3 Å². The molecule has 0 fully saturated rings. The number of hydrogen-bond acceptors (Lipinski definition) is 2. The molecule has 2 heteroatoms. The predicted octanol–water partition coefficient (Wildman–Crippen LogP) is 3.08. The van der Waals surface area contributed by atoms with Crippen LogP contribution in [-0.2, 0) is 0 Å². The van der Waals surface area contributed by atoms with Gasteiger partial charge in [0.1, 0.15) is 0 Å². The van der Waals surface area contributed by atoms with Crippen molar-refractivity contribution in [2.24, 2.45) is 10.9 Å². The first-order valence-corrected chi connectivity index (χ1v) is 4.18. The number of aliphatic imine (C=N–C) groups is 1. The zero-order valence-corrected chi connectivity index (χ0v) is 8.20. The van der Waals surface area contributed by atoms with Gasteiger partial charge in [-0.15, -0.1) is 0 Å². The largest absolute Gasteiger partial charge is 0.493 e. The Balaban J connectivity index is 4.79. The summed E-state index contributed by atoms with van der Waals surface area (Å²) in [7, 11) is 0. The van der Waals surface area contributed by atoms with E-state index >= 15 is 0 Å². The summed E-state index contributed by atoms with van der Waals surface area (Å²) in [6.07, 6.45) is 5.37. The summed E-state index contributed by atoms with van der Waals surface area (Å²) in [6.45, 7) is 7.75. The first-order valence-electron chi connectivity index (χ1n) is 4.18. The minimum absolute atomic E-state index is 0.116. The summed E-state index contributed by atoms with van der Waals surface area (Å²) in [4.78, 5) is 3.82. The number of allylic oxidation sites excluding steroid dienone is 3. The van der Waals surface area contributed by atoms with E-state index in [1.807, 2.05) is 32.9 Å². The molecule has 0 radical (unpaired) electrons. The quantitative estimate of drug-likeness (QED) is 0.391. The normalized spacial score (nSPS) is 14.8. The molecule has 12 heavy (non-hydrogen) atoms. The molecule has 0 saturated heterocycles. The van der Waals surface area contributed by atoms with Gasteiger partial charge in [0.2, 0.25) is 5.88 Å². The third-order valence-corrected chi connectivity index (χ3v) is 1.48. The molecule has 0 unspecified atom stereocenters. The highest BCUT2D eigenvalue weighted by atomic mass is 16.3. The molecule has 2 nitrogen and oxygen atoms in total. The van der Waals surface area contributed by atoms with E-state index in [1.54, 1.807) is 13.1 Å². The molecule has 0 aromatic carbocycles. The Bertz CT molecular complexity index is 212. The van der Waals surface area contributed by atoms with Gasteiger partial charge in [-0.25, -0.2) is 4.99 Å². The fraction of sp³-hybridized carbons (Fsp3) is 0.500. The molecule has 1 N–H and O–H groups in total. The average Bonchev–Trinajstić information content (AvgIpc) is 1.99. The third-order valence-electron chi connectivity index (χ3n) is 1.48. The Kier molecular flexibility index (Phi) is 5.09. The van der Waals surface area contributed by atoms with Crippen molar-refractivity contribution < 1.29 is 5.11 Å². The van der Waals surface area contributed by atoms with Crippen LogP contribution in [0.25, 0.3) is 0 Å². The highest BCUT2D eigenvalue weighted by molar-refractivity contribution is 5.55. The molecule has 0 bridgehead atoms. The van der Waals surface area contributed by atoms with Crippen LogP contribution in [0.1, 0.15) is 27.7 Å². The van der Waals surface area contributed by atoms with Crippen molar-refractivity contribution in [3.63, 3.8) is 0 Å². The maximum Gasteiger partial charge on any atom is 0.213 e. The van der Waals surface area contributed by atoms with E-state index < -0.39 is 0 Å². The summed E-state index contributed by atoms with van der Waals surface area (Å²) in [5.41, 5.74) is 0.871. The molecule has 0 rings (SSSR count). The minimum Gasteiger partial charge on any atom is -0.493 e. The summed E-state index contributed by atoms with van der Waals surface area (Å²) in [5.74, 6) is 0.413. The molecule has 0 aliphatic carbocycles. The molecule has 0 aliphatic rings. The first kappa shape index (κ1) is 11.0. The molecule has 0 heterocycles. The maximum absolute atomic E-state index is 9.44. The Hall–Kier alpha value is -1.05. The van der Waals surface area contributed by atoms with Crippen molar-refractivity contribution in [1.82, 2.24) is 0 Å². The van der Waals surface area contributed by atoms with Crippen LogP contribution >= 0.6 is 0 Å². The second-order valence-electron chi connectivity index (χ2n) is 2.82. The van der Waals surface area contributed by atoms with Gasteiger partial charge in [-0.05, 0) is 19.8 Å². The fourth-order valence-corrected chi connectivity index (χ4v) is 0.902. The van der Waals surface area contributed by atoms with Crippen molar-refractivity contribution in [2.45, 2.75) is 27.7 Å². The number of rotatable bonds is 3. The summed E-state index contributed by atoms with van der Waals surface area (Å²) >= 11 is 0. The zero-order chi connectivity index (χ0) is 9.56. The van der Waals surface area contributed by atoms with Crippen LogP contribution < -0.4 is 0 Å². The summed E-state index contributed by atoms with van der Waals surface area (Å²) in [5, 5.41) is 9.44. The Morgan fingerprint density at radius 2 is 1.92 bits per heavy atom. The van der Waals surface area contributed by atoms with Crippen LogP contribution in [0, 0.1) is 5.92 Å². The Morgan fingerprint density at radius 1 is 1.33 bits per heavy atom. The summed E-state index contributed by atoms with van der Waals surface area (Å²) in [6, 6.07) is 0. The second-order valence-corrected chi connectivity index (χ2v) is 2.82. The van der Waals surface area contributed by atoms with Crippen molar-refractivity contribution in [3.8, 4) is 0 Å². The van der Waals surface area contributed by atoms with Crippen LogP contribution in [0.2, 0.25) is 0 Å². The van der Waals surface area contributed by atoms with Gasteiger partial charge < -0.3 is 5.11 Å². The molecule has 68 valence electrons. The predicted molar refractivity (Wildman–Crippen MR) is 53.5 cm³/mol. The molecule has 0 aromatic rings. The topological polar surface area (TPSA) is 32.6 Å². The molecule has 0 aromatic heterocycles. The van der Waals surface area contributed by atoms with E-state index in [9.17, 15) is 5.11 Å². The highest BCUT2D eigenvalue weighted by Gasteiger charge is 2.04. The molecule has 0 aliphatic heterocycles. The third kappa shape index (κ3) is 3.37. The van der Waals surface area contributed by atoms with E-state index in [2.05, 4.69) is 4.99 Å². The van der Waals surface area contributed by atoms with Gasteiger partial charge >= 0.3 is 0 Å². The van der Waals surface area contributed by atoms with Gasteiger partial charge in [0.25, 0.3) is 0 Å². The van der Waals surface area contributed by atoms with Crippen molar-refractivity contribution in [3.05, 3.63) is 23.6 Å². The fourth-order valence-electron chi connectivity index (χ4n) is 0.902. The van der Waals surface area contributed by atoms with E-state index in [4.69, 9.17) is 0 Å². The monoisotopic (exact) mass is 167 g/mol. The zero-order valence-electron chi connectivity index (χ0n) is 8.20. The highest BCUT2D eigenvalue weighted by Crippen LogP contribution is 2.15. The molecule has 0 amide bonds. The van der Waals surface area contributed by atoms with Gasteiger partial charge in [-0.3, -0.25) is 0 Å². The molecule has 0 saturated carbocycles. The number of nitrogens with zero attached hydrogens (tertiary/aromatic N) is 1.